The van der Waals surface area contributed by atoms with Gasteiger partial charge in [0.25, 0.3) is 0 Å². The second-order valence-electron chi connectivity index (χ2n) is 4.34. The van der Waals surface area contributed by atoms with E-state index >= 15 is 0 Å². The van der Waals surface area contributed by atoms with Crippen molar-refractivity contribution in [2.45, 2.75) is 19.0 Å². The molecular formula is C14H14F3N. The minimum Gasteiger partial charge on any atom is -0.317 e. The lowest BCUT2D eigenvalue weighted by molar-refractivity contribution is -0.137. The summed E-state index contributed by atoms with van der Waals surface area (Å²) in [4.78, 5) is 0. The first kappa shape index (κ1) is 13.0. The third-order valence-electron chi connectivity index (χ3n) is 2.98. The number of hydrogen-bond acceptors (Lipinski definition) is 1. The zero-order chi connectivity index (χ0) is 13.0. The van der Waals surface area contributed by atoms with Crippen molar-refractivity contribution in [3.63, 3.8) is 0 Å². The predicted octanol–water partition coefficient (Wildman–Crippen LogP) is 3.06. The molecule has 0 atom stereocenters. The van der Waals surface area contributed by atoms with Crippen LogP contribution in [0.5, 0.6) is 0 Å². The molecule has 96 valence electrons. The molecule has 0 unspecified atom stereocenters. The average Bonchev–Trinajstić information content (AvgIpc) is 2.37. The van der Waals surface area contributed by atoms with Gasteiger partial charge in [-0.1, -0.05) is 24.0 Å². The molecule has 0 aromatic heterocycles. The Morgan fingerprint density at radius 2 is 1.78 bits per heavy atom. The molecule has 4 heteroatoms. The summed E-state index contributed by atoms with van der Waals surface area (Å²) >= 11 is 0. The highest BCUT2D eigenvalue weighted by Crippen LogP contribution is 2.31. The van der Waals surface area contributed by atoms with Crippen LogP contribution >= 0.6 is 0 Å². The van der Waals surface area contributed by atoms with Gasteiger partial charge in [-0.3, -0.25) is 0 Å². The predicted molar refractivity (Wildman–Crippen MR) is 63.9 cm³/mol. The Balaban J connectivity index is 2.21. The molecule has 1 heterocycles. The summed E-state index contributed by atoms with van der Waals surface area (Å²) in [6.45, 7) is 1.78. The van der Waals surface area contributed by atoms with Gasteiger partial charge in [0.1, 0.15) is 0 Å². The van der Waals surface area contributed by atoms with Gasteiger partial charge in [-0.2, -0.15) is 13.2 Å². The zero-order valence-electron chi connectivity index (χ0n) is 9.85. The van der Waals surface area contributed by atoms with Crippen molar-refractivity contribution in [3.8, 4) is 11.8 Å². The van der Waals surface area contributed by atoms with Crippen LogP contribution in [0.1, 0.15) is 24.0 Å². The standard InChI is InChI=1S/C14H14F3N/c15-14(16,17)13-4-2-1-3-12(13)6-5-11-7-9-18-10-8-11/h1-4,11,18H,7-10H2. The van der Waals surface area contributed by atoms with E-state index in [0.717, 1.165) is 32.0 Å². The molecule has 1 saturated heterocycles. The van der Waals surface area contributed by atoms with E-state index in [4.69, 9.17) is 0 Å². The van der Waals surface area contributed by atoms with Crippen LogP contribution in [0.2, 0.25) is 0 Å². The zero-order valence-corrected chi connectivity index (χ0v) is 9.85. The molecule has 1 fully saturated rings. The first-order valence-corrected chi connectivity index (χ1v) is 5.96. The summed E-state index contributed by atoms with van der Waals surface area (Å²) in [7, 11) is 0. The summed E-state index contributed by atoms with van der Waals surface area (Å²) in [5.41, 5.74) is -0.574. The van der Waals surface area contributed by atoms with Gasteiger partial charge < -0.3 is 5.32 Å². The molecule has 2 rings (SSSR count). The fourth-order valence-corrected chi connectivity index (χ4v) is 1.99. The molecule has 1 aromatic carbocycles. The van der Waals surface area contributed by atoms with Gasteiger partial charge in [0.15, 0.2) is 0 Å². The van der Waals surface area contributed by atoms with Crippen molar-refractivity contribution in [2.75, 3.05) is 13.1 Å². The highest BCUT2D eigenvalue weighted by molar-refractivity contribution is 5.43. The molecule has 1 aliphatic heterocycles. The Morgan fingerprint density at radius 3 is 2.44 bits per heavy atom. The third kappa shape index (κ3) is 3.27. The Kier molecular flexibility index (Phi) is 3.93. The number of alkyl halides is 3. The second-order valence-corrected chi connectivity index (χ2v) is 4.34. The molecule has 18 heavy (non-hydrogen) atoms. The molecule has 0 aliphatic carbocycles. The number of rotatable bonds is 0. The maximum absolute atomic E-state index is 12.7. The summed E-state index contributed by atoms with van der Waals surface area (Å²) in [6, 6.07) is 5.48. The molecule has 0 radical (unpaired) electrons. The Bertz CT molecular complexity index is 462. The molecule has 0 bridgehead atoms. The lowest BCUT2D eigenvalue weighted by atomic mass is 9.98. The van der Waals surface area contributed by atoms with Gasteiger partial charge in [-0.15, -0.1) is 0 Å². The second kappa shape index (κ2) is 5.45. The Hall–Kier alpha value is -1.47. The first-order valence-electron chi connectivity index (χ1n) is 5.96. The van der Waals surface area contributed by atoms with Crippen molar-refractivity contribution in [2.24, 2.45) is 5.92 Å². The lowest BCUT2D eigenvalue weighted by Crippen LogP contribution is -2.26. The van der Waals surface area contributed by atoms with Crippen molar-refractivity contribution in [1.82, 2.24) is 5.32 Å². The fourth-order valence-electron chi connectivity index (χ4n) is 1.99. The molecule has 1 aromatic rings. The largest absolute Gasteiger partial charge is 0.417 e. The quantitative estimate of drug-likeness (QED) is 0.701. The van der Waals surface area contributed by atoms with Crippen LogP contribution < -0.4 is 5.32 Å². The van der Waals surface area contributed by atoms with E-state index in [2.05, 4.69) is 17.2 Å². The monoisotopic (exact) mass is 253 g/mol. The minimum atomic E-state index is -4.33. The van der Waals surface area contributed by atoms with Gasteiger partial charge in [-0.25, -0.2) is 0 Å². The summed E-state index contributed by atoms with van der Waals surface area (Å²) in [6.07, 6.45) is -2.53. The van der Waals surface area contributed by atoms with Crippen molar-refractivity contribution in [1.29, 1.82) is 0 Å². The van der Waals surface area contributed by atoms with E-state index in [9.17, 15) is 13.2 Å². The van der Waals surface area contributed by atoms with Crippen LogP contribution in [-0.4, -0.2) is 13.1 Å². The topological polar surface area (TPSA) is 12.0 Å². The normalized spacial score (nSPS) is 17.1. The van der Waals surface area contributed by atoms with E-state index in [1.54, 1.807) is 6.07 Å². The van der Waals surface area contributed by atoms with E-state index in [-0.39, 0.29) is 11.5 Å². The van der Waals surface area contributed by atoms with Crippen molar-refractivity contribution < 1.29 is 13.2 Å². The number of halogens is 3. The molecule has 0 saturated carbocycles. The third-order valence-corrected chi connectivity index (χ3v) is 2.98. The molecule has 1 N–H and O–H groups in total. The molecule has 0 amide bonds. The van der Waals surface area contributed by atoms with Crippen LogP contribution in [0, 0.1) is 17.8 Å². The number of piperidine rings is 1. The maximum Gasteiger partial charge on any atom is 0.417 e. The average molecular weight is 253 g/mol. The number of hydrogen-bond donors (Lipinski definition) is 1. The van der Waals surface area contributed by atoms with Crippen LogP contribution in [0.4, 0.5) is 13.2 Å². The summed E-state index contributed by atoms with van der Waals surface area (Å²) < 4.78 is 38.2. The van der Waals surface area contributed by atoms with Crippen LogP contribution in [0.15, 0.2) is 24.3 Å². The van der Waals surface area contributed by atoms with E-state index in [1.165, 1.54) is 12.1 Å². The minimum absolute atomic E-state index is 0.0727. The van der Waals surface area contributed by atoms with E-state index < -0.39 is 11.7 Å². The molecule has 1 aliphatic rings. The Morgan fingerprint density at radius 1 is 1.11 bits per heavy atom. The summed E-state index contributed by atoms with van der Waals surface area (Å²) in [5.74, 6) is 5.85. The van der Waals surface area contributed by atoms with Crippen LogP contribution in [0.25, 0.3) is 0 Å². The van der Waals surface area contributed by atoms with Gasteiger partial charge >= 0.3 is 6.18 Å². The lowest BCUT2D eigenvalue weighted by Gasteiger charge is -2.17. The SMILES string of the molecule is FC(F)(F)c1ccccc1C#CC1CCNCC1. The van der Waals surface area contributed by atoms with Gasteiger partial charge in [0.2, 0.25) is 0 Å². The fraction of sp³-hybridized carbons (Fsp3) is 0.429. The van der Waals surface area contributed by atoms with Crippen LogP contribution in [0.3, 0.4) is 0 Å². The number of benzene rings is 1. The maximum atomic E-state index is 12.7. The van der Waals surface area contributed by atoms with Crippen molar-refractivity contribution in [3.05, 3.63) is 35.4 Å². The number of nitrogens with one attached hydrogen (secondary N) is 1. The van der Waals surface area contributed by atoms with E-state index in [0.29, 0.717) is 0 Å². The highest BCUT2D eigenvalue weighted by Gasteiger charge is 2.32. The molecular weight excluding hydrogens is 239 g/mol. The Labute approximate surface area is 104 Å². The van der Waals surface area contributed by atoms with Gasteiger partial charge in [0.05, 0.1) is 5.56 Å². The first-order chi connectivity index (χ1) is 8.57. The van der Waals surface area contributed by atoms with Crippen LogP contribution in [-0.2, 0) is 6.18 Å². The molecule has 1 nitrogen and oxygen atoms in total. The van der Waals surface area contributed by atoms with E-state index in [1.807, 2.05) is 0 Å². The highest BCUT2D eigenvalue weighted by atomic mass is 19.4. The van der Waals surface area contributed by atoms with Gasteiger partial charge in [0, 0.05) is 11.5 Å². The molecule has 0 spiro atoms. The smallest absolute Gasteiger partial charge is 0.317 e. The van der Waals surface area contributed by atoms with Crippen molar-refractivity contribution >= 4 is 0 Å². The van der Waals surface area contributed by atoms with Gasteiger partial charge in [-0.05, 0) is 38.1 Å². The summed E-state index contributed by atoms with van der Waals surface area (Å²) in [5, 5.41) is 3.20.